The normalized spacial score (nSPS) is 47.1. The maximum Gasteiger partial charge on any atom is 0.0170 e. The first-order chi connectivity index (χ1) is 4.84. The summed E-state index contributed by atoms with van der Waals surface area (Å²) >= 11 is 0. The first-order valence-electron chi connectivity index (χ1n) is 4.32. The van der Waals surface area contributed by atoms with E-state index in [1.54, 1.807) is 0 Å². The predicted molar refractivity (Wildman–Crippen MR) is 41.8 cm³/mol. The van der Waals surface area contributed by atoms with Crippen molar-refractivity contribution in [2.75, 3.05) is 19.6 Å². The molecular weight excluding hydrogens is 124 g/mol. The van der Waals surface area contributed by atoms with E-state index in [0.717, 1.165) is 12.5 Å². The minimum absolute atomic E-state index is 0.471. The van der Waals surface area contributed by atoms with Crippen molar-refractivity contribution in [3.8, 4) is 0 Å². The highest BCUT2D eigenvalue weighted by atomic mass is 15.2. The van der Waals surface area contributed by atoms with Gasteiger partial charge in [0.25, 0.3) is 0 Å². The molecule has 0 amide bonds. The van der Waals surface area contributed by atoms with Crippen molar-refractivity contribution in [1.29, 1.82) is 0 Å². The minimum atomic E-state index is 0.471. The molecule has 2 N–H and O–H groups in total. The maximum absolute atomic E-state index is 5.88. The fraction of sp³-hybridized carbons (Fsp3) is 1.00. The second kappa shape index (κ2) is 2.51. The van der Waals surface area contributed by atoms with E-state index < -0.39 is 0 Å². The number of nitrogens with zero attached hydrogens (tertiary/aromatic N) is 1. The predicted octanol–water partition coefficient (Wildman–Crippen LogP) is 0.429. The van der Waals surface area contributed by atoms with Gasteiger partial charge in [-0.05, 0) is 31.7 Å². The van der Waals surface area contributed by atoms with Crippen LogP contribution in [0, 0.1) is 5.92 Å². The summed E-state index contributed by atoms with van der Waals surface area (Å²) in [7, 11) is 0. The van der Waals surface area contributed by atoms with Crippen molar-refractivity contribution in [1.82, 2.24) is 4.90 Å². The summed E-state index contributed by atoms with van der Waals surface area (Å²) in [5.41, 5.74) is 5.88. The Morgan fingerprint density at radius 3 is 3.00 bits per heavy atom. The summed E-state index contributed by atoms with van der Waals surface area (Å²) in [5.74, 6) is 0.928. The van der Waals surface area contributed by atoms with E-state index in [4.69, 9.17) is 5.73 Å². The van der Waals surface area contributed by atoms with Gasteiger partial charge in [0.05, 0.1) is 0 Å². The van der Waals surface area contributed by atoms with E-state index in [0.29, 0.717) is 6.04 Å². The van der Waals surface area contributed by atoms with E-state index in [-0.39, 0.29) is 0 Å². The Morgan fingerprint density at radius 2 is 2.20 bits per heavy atom. The topological polar surface area (TPSA) is 29.3 Å². The molecule has 0 aromatic heterocycles. The van der Waals surface area contributed by atoms with Crippen LogP contribution in [0.3, 0.4) is 0 Å². The molecule has 3 atom stereocenters. The monoisotopic (exact) mass is 140 g/mol. The molecule has 1 unspecified atom stereocenters. The average Bonchev–Trinajstić information content (AvgIpc) is 1.85. The molecule has 2 aliphatic heterocycles. The molecule has 2 fully saturated rings. The second-order valence-corrected chi connectivity index (χ2v) is 3.76. The molecule has 0 aromatic carbocycles. The number of nitrogens with two attached hydrogens (primary N) is 1. The number of hydrogen-bond acceptors (Lipinski definition) is 2. The molecule has 2 heterocycles. The van der Waals surface area contributed by atoms with Gasteiger partial charge in [0.15, 0.2) is 0 Å². The Labute approximate surface area is 62.4 Å². The van der Waals surface area contributed by atoms with Crippen LogP contribution in [0.5, 0.6) is 0 Å². The van der Waals surface area contributed by atoms with Gasteiger partial charge in [-0.3, -0.25) is 0 Å². The van der Waals surface area contributed by atoms with Crippen molar-refractivity contribution < 1.29 is 0 Å². The highest BCUT2D eigenvalue weighted by molar-refractivity contribution is 4.84. The van der Waals surface area contributed by atoms with Crippen LogP contribution < -0.4 is 5.73 Å². The van der Waals surface area contributed by atoms with E-state index in [1.165, 1.54) is 32.4 Å². The summed E-state index contributed by atoms with van der Waals surface area (Å²) < 4.78 is 0. The van der Waals surface area contributed by atoms with E-state index in [2.05, 4.69) is 4.90 Å². The van der Waals surface area contributed by atoms with Crippen LogP contribution in [-0.2, 0) is 0 Å². The Hall–Kier alpha value is -0.0800. The average molecular weight is 140 g/mol. The Bertz CT molecular complexity index is 108. The molecule has 0 radical (unpaired) electrons. The molecular formula is C8H16N2. The molecule has 2 heteroatoms. The third-order valence-electron chi connectivity index (χ3n) is 2.73. The number of hydrogen-bond donors (Lipinski definition) is 1. The summed E-state index contributed by atoms with van der Waals surface area (Å²) in [4.78, 5) is 2.52. The molecule has 0 aliphatic carbocycles. The molecule has 2 rings (SSSR count). The zero-order chi connectivity index (χ0) is 6.97. The van der Waals surface area contributed by atoms with Gasteiger partial charge >= 0.3 is 0 Å². The lowest BCUT2D eigenvalue weighted by Crippen LogP contribution is -2.49. The molecule has 0 saturated carbocycles. The van der Waals surface area contributed by atoms with Crippen LogP contribution in [0.4, 0.5) is 0 Å². The standard InChI is InChI=1S/C8H16N2/c9-8-4-7-2-1-3-10(5-7)6-8/h7-8H,1-6,9H2/t7-,8-/m1/s1. The molecule has 10 heavy (non-hydrogen) atoms. The number of rotatable bonds is 0. The first kappa shape index (κ1) is 6.62. The van der Waals surface area contributed by atoms with Gasteiger partial charge in [-0.2, -0.15) is 0 Å². The number of piperidine rings is 2. The Balaban J connectivity index is 1.98. The molecule has 2 aliphatic rings. The minimum Gasteiger partial charge on any atom is -0.327 e. The van der Waals surface area contributed by atoms with Gasteiger partial charge in [0, 0.05) is 19.1 Å². The van der Waals surface area contributed by atoms with Gasteiger partial charge in [-0.15, -0.1) is 0 Å². The quantitative estimate of drug-likeness (QED) is 0.528. The van der Waals surface area contributed by atoms with Crippen molar-refractivity contribution in [3.05, 3.63) is 0 Å². The van der Waals surface area contributed by atoms with Crippen LogP contribution in [0.25, 0.3) is 0 Å². The van der Waals surface area contributed by atoms with Crippen LogP contribution in [0.2, 0.25) is 0 Å². The van der Waals surface area contributed by atoms with Crippen LogP contribution in [-0.4, -0.2) is 30.6 Å². The molecule has 2 bridgehead atoms. The van der Waals surface area contributed by atoms with E-state index in [9.17, 15) is 0 Å². The van der Waals surface area contributed by atoms with Gasteiger partial charge < -0.3 is 10.6 Å². The van der Waals surface area contributed by atoms with Crippen molar-refractivity contribution in [2.24, 2.45) is 11.7 Å². The van der Waals surface area contributed by atoms with Crippen LogP contribution in [0.15, 0.2) is 0 Å². The molecule has 2 saturated heterocycles. The van der Waals surface area contributed by atoms with Crippen molar-refractivity contribution in [2.45, 2.75) is 25.3 Å². The SMILES string of the molecule is N[C@@H]1C[C@H]2CCCN(C1)C2. The zero-order valence-corrected chi connectivity index (χ0v) is 6.42. The highest BCUT2D eigenvalue weighted by Crippen LogP contribution is 2.24. The van der Waals surface area contributed by atoms with Gasteiger partial charge in [-0.1, -0.05) is 0 Å². The fourth-order valence-corrected chi connectivity index (χ4v) is 2.34. The summed E-state index contributed by atoms with van der Waals surface area (Å²) in [6.07, 6.45) is 4.10. The van der Waals surface area contributed by atoms with Crippen LogP contribution in [0.1, 0.15) is 19.3 Å². The molecule has 0 aromatic rings. The van der Waals surface area contributed by atoms with E-state index >= 15 is 0 Å². The maximum atomic E-state index is 5.88. The summed E-state index contributed by atoms with van der Waals surface area (Å²) in [5, 5.41) is 0. The Kier molecular flexibility index (Phi) is 1.66. The van der Waals surface area contributed by atoms with Gasteiger partial charge in [0.2, 0.25) is 0 Å². The summed E-state index contributed by atoms with van der Waals surface area (Å²) in [6.45, 7) is 3.77. The third kappa shape index (κ3) is 1.18. The molecule has 58 valence electrons. The lowest BCUT2D eigenvalue weighted by Gasteiger charge is -2.40. The number of fused-ring (bicyclic) bond motifs is 2. The van der Waals surface area contributed by atoms with Gasteiger partial charge in [0.1, 0.15) is 0 Å². The fourth-order valence-electron chi connectivity index (χ4n) is 2.34. The van der Waals surface area contributed by atoms with Crippen LogP contribution >= 0.6 is 0 Å². The van der Waals surface area contributed by atoms with Gasteiger partial charge in [-0.25, -0.2) is 0 Å². The summed E-state index contributed by atoms with van der Waals surface area (Å²) in [6, 6.07) is 0.471. The first-order valence-corrected chi connectivity index (χ1v) is 4.32. The lowest BCUT2D eigenvalue weighted by atomic mass is 9.87. The zero-order valence-electron chi connectivity index (χ0n) is 6.42. The molecule has 2 nitrogen and oxygen atoms in total. The van der Waals surface area contributed by atoms with E-state index in [1.807, 2.05) is 0 Å². The third-order valence-corrected chi connectivity index (χ3v) is 2.73. The Morgan fingerprint density at radius 1 is 1.30 bits per heavy atom. The molecule has 0 spiro atoms. The largest absolute Gasteiger partial charge is 0.327 e. The lowest BCUT2D eigenvalue weighted by molar-refractivity contribution is 0.110. The second-order valence-electron chi connectivity index (χ2n) is 3.76. The van der Waals surface area contributed by atoms with Crippen molar-refractivity contribution in [3.63, 3.8) is 0 Å². The van der Waals surface area contributed by atoms with Crippen molar-refractivity contribution >= 4 is 0 Å². The highest BCUT2D eigenvalue weighted by Gasteiger charge is 2.27. The smallest absolute Gasteiger partial charge is 0.0170 e.